The summed E-state index contributed by atoms with van der Waals surface area (Å²) in [5, 5.41) is 9.19. The van der Waals surface area contributed by atoms with Crippen LogP contribution in [-0.4, -0.2) is 143 Å². The molecule has 26 heteroatoms. The molecule has 6 atom stereocenters. The van der Waals surface area contributed by atoms with Crippen molar-refractivity contribution >= 4 is 114 Å². The molecule has 0 radical (unpaired) electrons. The van der Waals surface area contributed by atoms with Crippen LogP contribution in [0.4, 0.5) is 20.4 Å². The van der Waals surface area contributed by atoms with Crippen molar-refractivity contribution in [1.82, 2.24) is 39.2 Å². The maximum atomic E-state index is 14.5. The van der Waals surface area contributed by atoms with Gasteiger partial charge in [-0.25, -0.2) is 28.7 Å². The van der Waals surface area contributed by atoms with Crippen molar-refractivity contribution in [2.24, 2.45) is 23.7 Å². The Bertz CT molecular complexity index is 3410. The zero-order valence-corrected chi connectivity index (χ0v) is 66.7. The monoisotopic (exact) mass is 1520 g/mol. The van der Waals surface area contributed by atoms with E-state index >= 15 is 0 Å². The van der Waals surface area contributed by atoms with Crippen LogP contribution in [0.5, 0.6) is 0 Å². The summed E-state index contributed by atoms with van der Waals surface area (Å²) in [5.74, 6) is 5.09. The van der Waals surface area contributed by atoms with Crippen LogP contribution in [-0.2, 0) is 28.3 Å². The number of hydrogen-bond donors (Lipinski definition) is 0. The van der Waals surface area contributed by atoms with Gasteiger partial charge in [0.1, 0.15) is 38.6 Å². The molecule has 7 heterocycles. The number of fused-ring (bicyclic) bond motifs is 6. The lowest BCUT2D eigenvalue weighted by Gasteiger charge is -2.32. The van der Waals surface area contributed by atoms with E-state index in [1.165, 1.54) is 100 Å². The normalized spacial score (nSPS) is 21.8. The highest BCUT2D eigenvalue weighted by molar-refractivity contribution is 14.1. The van der Waals surface area contributed by atoms with Gasteiger partial charge >= 0.3 is 7.12 Å². The molecule has 5 fully saturated rings. The van der Waals surface area contributed by atoms with Gasteiger partial charge in [0.25, 0.3) is 0 Å². The Morgan fingerprint density at radius 3 is 1.30 bits per heavy atom. The van der Waals surface area contributed by atoms with Crippen LogP contribution in [0.3, 0.4) is 0 Å². The van der Waals surface area contributed by atoms with Gasteiger partial charge < -0.3 is 38.1 Å². The molecule has 94 heavy (non-hydrogen) atoms. The van der Waals surface area contributed by atoms with Gasteiger partial charge in [0, 0.05) is 123 Å². The minimum atomic E-state index is -1.23. The van der Waals surface area contributed by atoms with Crippen LogP contribution >= 0.6 is 45.8 Å². The molecule has 4 bridgehead atoms. The lowest BCUT2D eigenvalue weighted by molar-refractivity contribution is 0.00578. The predicted molar refractivity (Wildman–Crippen MR) is 398 cm³/mol. The third-order valence-corrected chi connectivity index (χ3v) is 27.7. The van der Waals surface area contributed by atoms with Gasteiger partial charge in [-0.3, -0.25) is 0 Å². The minimum Gasteiger partial charge on any atom is -0.399 e. The topological polar surface area (TPSA) is 148 Å². The van der Waals surface area contributed by atoms with Crippen molar-refractivity contribution in [3.8, 4) is 11.1 Å². The SMILES string of the molecule is CC1(C)OB(c2cnc(Cl)c(F)c2)OC1(C)C.C[Si](C)(C)CCOCN(COCC[Si](C)(C)C)c1cc(C2C[C@H]3CC[C@@H](C2)C3)nc2c(-c3cnc(Cl)c(F)c3)cnn12.C[Si](C)(C)CCOCN(COCC[Si](C)(C)C)c1cc(C2C[C@H]3CC[C@@H](C2)C3)nc2c(I)cnn12. The van der Waals surface area contributed by atoms with Gasteiger partial charge in [0.05, 0.1) is 27.2 Å². The fourth-order valence-electron chi connectivity index (χ4n) is 13.1. The number of halogens is 5. The maximum Gasteiger partial charge on any atom is 0.496 e. The van der Waals surface area contributed by atoms with Gasteiger partial charge in [-0.1, -0.05) is 127 Å². The zero-order valence-electron chi connectivity index (χ0n) is 59.0. The molecule has 5 aliphatic rings. The average Bonchev–Trinajstić information content (AvgIpc) is 1.67. The van der Waals surface area contributed by atoms with Crippen molar-refractivity contribution in [1.29, 1.82) is 0 Å². The summed E-state index contributed by atoms with van der Waals surface area (Å²) in [6.45, 7) is 41.2. The van der Waals surface area contributed by atoms with Crippen molar-refractivity contribution in [2.75, 3.05) is 63.2 Å². The maximum absolute atomic E-state index is 14.5. The molecule has 4 aliphatic carbocycles. The van der Waals surface area contributed by atoms with Crippen LogP contribution in [0.15, 0.2) is 49.1 Å². The second-order valence-electron chi connectivity index (χ2n) is 33.1. The Morgan fingerprint density at radius 2 is 0.904 bits per heavy atom. The van der Waals surface area contributed by atoms with Crippen LogP contribution < -0.4 is 15.3 Å². The van der Waals surface area contributed by atoms with Gasteiger partial charge in [-0.15, -0.1) is 0 Å². The Kier molecular flexibility index (Phi) is 25.4. The van der Waals surface area contributed by atoms with E-state index in [4.69, 9.17) is 71.6 Å². The van der Waals surface area contributed by atoms with E-state index in [-0.39, 0.29) is 10.3 Å². The molecule has 518 valence electrons. The van der Waals surface area contributed by atoms with Crippen molar-refractivity contribution in [3.05, 3.63) is 86.0 Å². The van der Waals surface area contributed by atoms with Gasteiger partial charge in [0.15, 0.2) is 33.2 Å². The van der Waals surface area contributed by atoms with Crippen LogP contribution in [0, 0.1) is 38.9 Å². The highest BCUT2D eigenvalue weighted by atomic mass is 127. The summed E-state index contributed by atoms with van der Waals surface area (Å²) in [7, 11) is -5.35. The molecule has 16 nitrogen and oxygen atoms in total. The second kappa shape index (κ2) is 31.7. The van der Waals surface area contributed by atoms with Crippen molar-refractivity contribution < 1.29 is 37.0 Å². The summed E-state index contributed by atoms with van der Waals surface area (Å²) in [5.41, 5.74) is 4.94. The molecular formula is C68H106BCl2F2IN10O6Si4. The molecule has 6 aromatic heterocycles. The summed E-state index contributed by atoms with van der Waals surface area (Å²) in [4.78, 5) is 22.5. The molecular weight excluding hydrogens is 1410 g/mol. The van der Waals surface area contributed by atoms with Crippen molar-refractivity contribution in [3.63, 3.8) is 0 Å². The first-order valence-electron chi connectivity index (χ1n) is 34.3. The van der Waals surface area contributed by atoms with E-state index < -0.39 is 62.3 Å². The number of nitrogens with zero attached hydrogens (tertiary/aromatic N) is 10. The third-order valence-electron chi connectivity index (χ3n) is 19.6. The molecule has 0 N–H and O–H groups in total. The summed E-state index contributed by atoms with van der Waals surface area (Å²) in [6, 6.07) is 11.7. The van der Waals surface area contributed by atoms with Crippen LogP contribution in [0.1, 0.15) is 115 Å². The van der Waals surface area contributed by atoms with Gasteiger partial charge in [-0.2, -0.15) is 19.2 Å². The Balaban J connectivity index is 0.000000180. The Morgan fingerprint density at radius 1 is 0.532 bits per heavy atom. The van der Waals surface area contributed by atoms with Crippen molar-refractivity contribution in [2.45, 2.75) is 218 Å². The number of anilines is 2. The number of rotatable bonds is 26. The largest absolute Gasteiger partial charge is 0.496 e. The van der Waals surface area contributed by atoms with Gasteiger partial charge in [0.2, 0.25) is 0 Å². The number of aromatic nitrogens is 8. The molecule has 2 unspecified atom stereocenters. The summed E-state index contributed by atoms with van der Waals surface area (Å²) < 4.78 is 69.3. The highest BCUT2D eigenvalue weighted by Gasteiger charge is 2.52. The van der Waals surface area contributed by atoms with E-state index in [0.717, 1.165) is 81.1 Å². The third kappa shape index (κ3) is 20.8. The number of hydrogen-bond acceptors (Lipinski definition) is 14. The molecule has 11 rings (SSSR count). The first-order valence-corrected chi connectivity index (χ1v) is 51.0. The van der Waals surface area contributed by atoms with E-state index in [0.29, 0.717) is 68.6 Å². The summed E-state index contributed by atoms with van der Waals surface area (Å²) >= 11 is 13.8. The molecule has 0 aromatic carbocycles. The van der Waals surface area contributed by atoms with E-state index in [1.54, 1.807) is 12.4 Å². The van der Waals surface area contributed by atoms with E-state index in [1.807, 2.05) is 42.9 Å². The highest BCUT2D eigenvalue weighted by Crippen LogP contribution is 2.50. The first kappa shape index (κ1) is 75.2. The lowest BCUT2D eigenvalue weighted by atomic mass is 9.79. The second-order valence-corrected chi connectivity index (χ2v) is 57.5. The van der Waals surface area contributed by atoms with Crippen LogP contribution in [0.2, 0.25) is 113 Å². The van der Waals surface area contributed by atoms with Gasteiger partial charge in [-0.05, 0) is 149 Å². The van der Waals surface area contributed by atoms with E-state index in [2.05, 4.69) is 133 Å². The van der Waals surface area contributed by atoms with E-state index in [9.17, 15) is 8.78 Å². The Labute approximate surface area is 587 Å². The predicted octanol–water partition coefficient (Wildman–Crippen LogP) is 17.5. The zero-order chi connectivity index (χ0) is 68.1. The lowest BCUT2D eigenvalue weighted by Crippen LogP contribution is -2.41. The molecule has 1 aliphatic heterocycles. The molecule has 4 saturated carbocycles. The number of pyridine rings is 2. The molecule has 0 amide bonds. The average molecular weight is 1520 g/mol. The summed E-state index contributed by atoms with van der Waals surface area (Å²) in [6.07, 6.45) is 19.9. The number of ether oxygens (including phenoxy) is 4. The first-order chi connectivity index (χ1) is 44.1. The Hall–Kier alpha value is -3.00. The fourth-order valence-corrected chi connectivity index (χ4v) is 16.8. The van der Waals surface area contributed by atoms with Crippen LogP contribution in [0.25, 0.3) is 22.4 Å². The smallest absolute Gasteiger partial charge is 0.399 e. The molecule has 0 spiro atoms. The minimum absolute atomic E-state index is 0.139. The molecule has 1 saturated heterocycles. The quantitative estimate of drug-likeness (QED) is 0.0167. The standard InChI is InChI=1S/C31H47ClFN5O2Si2.C26H45IN4O2Si2.C11H14BClFNO2/c1-41(2,3)11-9-39-20-37(21-40-10-12-42(4,5)6)29-17-28(24-14-22-7-8-23(13-22)15-24)36-31-26(19-35-38(29)31)25-16-27(33)30(32)34-18-25;1-34(2,3)11-9-32-18-30(19-33-10-12-35(4,5)6)25-16-24(29-26-23(27)17-28-31(25)26)22-14-20-7-8-21(13-20)15-22;1-10(2)11(3,4)17-12(16-10)7-5-8(14)9(13)15-6-7/h16-19,22-24H,7-15,20-21H2,1-6H3;16-17,20-22H,7-15,18-19H2,1-6H3;5-6H,1-4H3/t22-,23+,24?;20-,21+,22?;. The molecule has 6 aromatic rings. The fraction of sp³-hybridized carbons (Fsp3) is 0.676.